The maximum absolute atomic E-state index is 12.7. The average Bonchev–Trinajstić information content (AvgIpc) is 2.53. The summed E-state index contributed by atoms with van der Waals surface area (Å²) in [6.07, 6.45) is 3.92. The molecule has 2 rings (SSSR count). The Morgan fingerprint density at radius 3 is 2.14 bits per heavy atom. The first kappa shape index (κ1) is 16.4. The normalized spacial score (nSPS) is 18.4. The summed E-state index contributed by atoms with van der Waals surface area (Å²) in [6.45, 7) is 3.63. The fourth-order valence-corrected chi connectivity index (χ4v) is 3.47. The van der Waals surface area contributed by atoms with E-state index in [0.29, 0.717) is 12.6 Å². The van der Waals surface area contributed by atoms with Gasteiger partial charge in [0.1, 0.15) is 0 Å². The van der Waals surface area contributed by atoms with E-state index in [2.05, 4.69) is 11.8 Å². The van der Waals surface area contributed by atoms with Gasteiger partial charge in [0.15, 0.2) is 0 Å². The molecule has 0 heterocycles. The van der Waals surface area contributed by atoms with Crippen LogP contribution in [0.25, 0.3) is 0 Å². The van der Waals surface area contributed by atoms with Gasteiger partial charge >= 0.3 is 0 Å². The maximum atomic E-state index is 12.7. The van der Waals surface area contributed by atoms with Gasteiger partial charge in [0.25, 0.3) is 6.43 Å². The first-order valence-electron chi connectivity index (χ1n) is 8.01. The predicted molar refractivity (Wildman–Crippen MR) is 82.4 cm³/mol. The molecule has 1 aliphatic rings. The number of likely N-dealkylation sites (N-methyl/N-ethyl adjacent to an activating group) is 1. The van der Waals surface area contributed by atoms with Gasteiger partial charge in [-0.05, 0) is 24.9 Å². The molecule has 1 fully saturated rings. The minimum Gasteiger partial charge on any atom is -0.329 e. The van der Waals surface area contributed by atoms with Crippen LogP contribution in [-0.4, -0.2) is 24.0 Å². The summed E-state index contributed by atoms with van der Waals surface area (Å²) >= 11 is 0. The standard InChI is InChI=1S/C17H26F2N2/c1-2-21(15-6-4-3-5-7-15)16(12-20)13-8-10-14(11-9-13)17(18)19/h8-11,15-17H,2-7,12,20H2,1H3. The van der Waals surface area contributed by atoms with E-state index >= 15 is 0 Å². The van der Waals surface area contributed by atoms with Gasteiger partial charge in [-0.25, -0.2) is 8.78 Å². The summed E-state index contributed by atoms with van der Waals surface area (Å²) in [5.41, 5.74) is 7.13. The van der Waals surface area contributed by atoms with Gasteiger partial charge in [-0.15, -0.1) is 0 Å². The van der Waals surface area contributed by atoms with Crippen molar-refractivity contribution in [3.63, 3.8) is 0 Å². The maximum Gasteiger partial charge on any atom is 0.263 e. The van der Waals surface area contributed by atoms with E-state index in [0.717, 1.165) is 12.1 Å². The quantitative estimate of drug-likeness (QED) is 0.849. The van der Waals surface area contributed by atoms with Gasteiger partial charge < -0.3 is 5.73 Å². The van der Waals surface area contributed by atoms with Gasteiger partial charge in [-0.2, -0.15) is 0 Å². The van der Waals surface area contributed by atoms with E-state index in [1.54, 1.807) is 0 Å². The second kappa shape index (κ2) is 7.85. The van der Waals surface area contributed by atoms with Crippen molar-refractivity contribution in [2.75, 3.05) is 13.1 Å². The summed E-state index contributed by atoms with van der Waals surface area (Å²) in [6, 6.07) is 7.38. The van der Waals surface area contributed by atoms with Crippen LogP contribution in [0.2, 0.25) is 0 Å². The topological polar surface area (TPSA) is 29.3 Å². The summed E-state index contributed by atoms with van der Waals surface area (Å²) in [5, 5.41) is 0. The Morgan fingerprint density at radius 1 is 1.10 bits per heavy atom. The number of halogens is 2. The zero-order valence-electron chi connectivity index (χ0n) is 12.8. The van der Waals surface area contributed by atoms with Crippen LogP contribution in [0.3, 0.4) is 0 Å². The second-order valence-corrected chi connectivity index (χ2v) is 5.84. The molecule has 0 amide bonds. The molecular formula is C17H26F2N2. The molecule has 118 valence electrons. The summed E-state index contributed by atoms with van der Waals surface area (Å²) in [7, 11) is 0. The molecule has 1 aromatic rings. The lowest BCUT2D eigenvalue weighted by molar-refractivity contribution is 0.113. The molecule has 1 aromatic carbocycles. The largest absolute Gasteiger partial charge is 0.329 e. The van der Waals surface area contributed by atoms with E-state index < -0.39 is 6.43 Å². The Morgan fingerprint density at radius 2 is 1.67 bits per heavy atom. The minimum absolute atomic E-state index is 0.0789. The lowest BCUT2D eigenvalue weighted by Crippen LogP contribution is -2.42. The van der Waals surface area contributed by atoms with E-state index in [1.165, 1.54) is 44.2 Å². The molecule has 0 saturated heterocycles. The van der Waals surface area contributed by atoms with Crippen LogP contribution in [-0.2, 0) is 0 Å². The minimum atomic E-state index is -2.41. The molecule has 21 heavy (non-hydrogen) atoms. The number of alkyl halides is 2. The average molecular weight is 296 g/mol. The van der Waals surface area contributed by atoms with E-state index in [4.69, 9.17) is 5.73 Å². The van der Waals surface area contributed by atoms with Gasteiger partial charge in [-0.1, -0.05) is 50.5 Å². The lowest BCUT2D eigenvalue weighted by atomic mass is 9.91. The van der Waals surface area contributed by atoms with Crippen LogP contribution in [0.4, 0.5) is 8.78 Å². The van der Waals surface area contributed by atoms with Crippen molar-refractivity contribution in [1.29, 1.82) is 0 Å². The highest BCUT2D eigenvalue weighted by molar-refractivity contribution is 5.26. The Kier molecular flexibility index (Phi) is 6.12. The third-order valence-corrected chi connectivity index (χ3v) is 4.61. The van der Waals surface area contributed by atoms with Crippen LogP contribution in [0, 0.1) is 0 Å². The number of nitrogens with zero attached hydrogens (tertiary/aromatic N) is 1. The van der Waals surface area contributed by atoms with Gasteiger partial charge in [0.05, 0.1) is 0 Å². The highest BCUT2D eigenvalue weighted by Gasteiger charge is 2.26. The number of rotatable bonds is 6. The third-order valence-electron chi connectivity index (χ3n) is 4.61. The molecule has 1 atom stereocenters. The van der Waals surface area contributed by atoms with Crippen LogP contribution in [0.1, 0.15) is 62.6 Å². The van der Waals surface area contributed by atoms with E-state index in [9.17, 15) is 8.78 Å². The van der Waals surface area contributed by atoms with Gasteiger partial charge in [-0.3, -0.25) is 4.90 Å². The fraction of sp³-hybridized carbons (Fsp3) is 0.647. The number of hydrogen-bond acceptors (Lipinski definition) is 2. The summed E-state index contributed by atoms with van der Waals surface area (Å²) in [5.74, 6) is 0. The molecule has 2 nitrogen and oxygen atoms in total. The molecule has 1 unspecified atom stereocenters. The molecule has 0 bridgehead atoms. The number of hydrogen-bond donors (Lipinski definition) is 1. The smallest absolute Gasteiger partial charge is 0.263 e. The highest BCUT2D eigenvalue weighted by Crippen LogP contribution is 2.30. The molecule has 0 spiro atoms. The first-order chi connectivity index (χ1) is 10.2. The Hall–Kier alpha value is -1.00. The van der Waals surface area contributed by atoms with Crippen LogP contribution >= 0.6 is 0 Å². The summed E-state index contributed by atoms with van der Waals surface area (Å²) in [4.78, 5) is 2.45. The zero-order valence-corrected chi connectivity index (χ0v) is 12.8. The lowest BCUT2D eigenvalue weighted by Gasteiger charge is -2.39. The fourth-order valence-electron chi connectivity index (χ4n) is 3.47. The second-order valence-electron chi connectivity index (χ2n) is 5.84. The molecule has 0 aromatic heterocycles. The molecule has 4 heteroatoms. The van der Waals surface area contributed by atoms with Crippen LogP contribution in [0.5, 0.6) is 0 Å². The first-order valence-corrected chi connectivity index (χ1v) is 8.01. The third kappa shape index (κ3) is 4.01. The molecule has 1 aliphatic carbocycles. The van der Waals surface area contributed by atoms with Crippen LogP contribution in [0.15, 0.2) is 24.3 Å². The van der Waals surface area contributed by atoms with Gasteiger partial charge in [0.2, 0.25) is 0 Å². The molecular weight excluding hydrogens is 270 g/mol. The predicted octanol–water partition coefficient (Wildman–Crippen LogP) is 4.28. The SMILES string of the molecule is CCN(C1CCCCC1)C(CN)c1ccc(C(F)F)cc1. The molecule has 1 saturated carbocycles. The molecule has 2 N–H and O–H groups in total. The Bertz CT molecular complexity index is 413. The van der Waals surface area contributed by atoms with Crippen LogP contribution < -0.4 is 5.73 Å². The Balaban J connectivity index is 2.15. The summed E-state index contributed by atoms with van der Waals surface area (Å²) < 4.78 is 25.3. The molecule has 0 radical (unpaired) electrons. The van der Waals surface area contributed by atoms with Crippen molar-refractivity contribution in [1.82, 2.24) is 4.90 Å². The molecule has 0 aliphatic heterocycles. The van der Waals surface area contributed by atoms with Crippen molar-refractivity contribution in [3.8, 4) is 0 Å². The van der Waals surface area contributed by atoms with E-state index in [1.807, 2.05) is 12.1 Å². The van der Waals surface area contributed by atoms with Crippen molar-refractivity contribution in [2.24, 2.45) is 5.73 Å². The zero-order chi connectivity index (χ0) is 15.2. The monoisotopic (exact) mass is 296 g/mol. The van der Waals surface area contributed by atoms with Crippen molar-refractivity contribution < 1.29 is 8.78 Å². The number of nitrogens with two attached hydrogens (primary N) is 1. The van der Waals surface area contributed by atoms with Crippen molar-refractivity contribution >= 4 is 0 Å². The van der Waals surface area contributed by atoms with E-state index in [-0.39, 0.29) is 11.6 Å². The van der Waals surface area contributed by atoms with Crippen molar-refractivity contribution in [2.45, 2.75) is 57.5 Å². The number of benzene rings is 1. The van der Waals surface area contributed by atoms with Gasteiger partial charge in [0, 0.05) is 24.2 Å². The van der Waals surface area contributed by atoms with Crippen molar-refractivity contribution in [3.05, 3.63) is 35.4 Å². The highest BCUT2D eigenvalue weighted by atomic mass is 19.3. The Labute approximate surface area is 126 Å².